The zero-order valence-electron chi connectivity index (χ0n) is 15.7. The number of rotatable bonds is 5. The number of aliphatic hydroxyl groups excluding tert-OH is 5. The summed E-state index contributed by atoms with van der Waals surface area (Å²) in [6, 6.07) is 9.28. The third-order valence-corrected chi connectivity index (χ3v) is 5.16. The summed E-state index contributed by atoms with van der Waals surface area (Å²) in [6.45, 7) is 3.27. The van der Waals surface area contributed by atoms with Crippen LogP contribution >= 0.6 is 0 Å². The van der Waals surface area contributed by atoms with Crippen LogP contribution < -0.4 is 0 Å². The molecule has 2 saturated heterocycles. The Morgan fingerprint density at radius 2 is 1.43 bits per heavy atom. The van der Waals surface area contributed by atoms with Crippen LogP contribution in [0.15, 0.2) is 30.3 Å². The van der Waals surface area contributed by atoms with E-state index in [1.165, 1.54) is 6.92 Å². The normalized spacial score (nSPS) is 44.4. The summed E-state index contributed by atoms with van der Waals surface area (Å²) in [6.07, 6.45) is -11.9. The number of hydrogen-bond donors (Lipinski definition) is 5. The zero-order valence-corrected chi connectivity index (χ0v) is 15.7. The molecule has 0 aliphatic carbocycles. The monoisotopic (exact) mass is 400 g/mol. The van der Waals surface area contributed by atoms with Gasteiger partial charge in [-0.2, -0.15) is 0 Å². The predicted octanol–water partition coefficient (Wildman–Crippen LogP) is -1.12. The molecule has 0 radical (unpaired) electrons. The van der Waals surface area contributed by atoms with Crippen molar-refractivity contribution in [3.05, 3.63) is 35.9 Å². The van der Waals surface area contributed by atoms with E-state index in [9.17, 15) is 25.5 Å². The maximum Gasteiger partial charge on any atom is 0.187 e. The van der Waals surface area contributed by atoms with Gasteiger partial charge in [-0.25, -0.2) is 0 Å². The Balaban J connectivity index is 1.73. The van der Waals surface area contributed by atoms with Crippen LogP contribution in [0.4, 0.5) is 0 Å². The first-order valence-corrected chi connectivity index (χ1v) is 9.32. The Morgan fingerprint density at radius 1 is 0.786 bits per heavy atom. The lowest BCUT2D eigenvalue weighted by Crippen LogP contribution is -2.63. The van der Waals surface area contributed by atoms with Crippen molar-refractivity contribution < 1.29 is 44.5 Å². The summed E-state index contributed by atoms with van der Waals surface area (Å²) >= 11 is 0. The first kappa shape index (κ1) is 21.6. The molecular weight excluding hydrogens is 372 g/mol. The Morgan fingerprint density at radius 3 is 2.11 bits per heavy atom. The van der Waals surface area contributed by atoms with Crippen LogP contribution in [0.25, 0.3) is 0 Å². The molecular formula is C19H28O9. The smallest absolute Gasteiger partial charge is 0.187 e. The summed E-state index contributed by atoms with van der Waals surface area (Å²) in [7, 11) is 0. The summed E-state index contributed by atoms with van der Waals surface area (Å²) in [5, 5.41) is 50.8. The predicted molar refractivity (Wildman–Crippen MR) is 94.8 cm³/mol. The molecule has 0 aromatic heterocycles. The second-order valence-corrected chi connectivity index (χ2v) is 7.27. The lowest BCUT2D eigenvalue weighted by molar-refractivity contribution is -0.360. The quantitative estimate of drug-likeness (QED) is 0.416. The number of aliphatic hydroxyl groups is 5. The van der Waals surface area contributed by atoms with Gasteiger partial charge in [0.05, 0.1) is 18.8 Å². The van der Waals surface area contributed by atoms with Gasteiger partial charge in [0.15, 0.2) is 12.6 Å². The Kier molecular flexibility index (Phi) is 7.02. The highest BCUT2D eigenvalue weighted by atomic mass is 16.7. The molecule has 0 spiro atoms. The van der Waals surface area contributed by atoms with Crippen molar-refractivity contribution in [1.82, 2.24) is 0 Å². The fraction of sp³-hybridized carbons (Fsp3) is 0.684. The van der Waals surface area contributed by atoms with Gasteiger partial charge in [0.25, 0.3) is 0 Å². The van der Waals surface area contributed by atoms with Gasteiger partial charge in [-0.1, -0.05) is 30.3 Å². The van der Waals surface area contributed by atoms with E-state index in [1.54, 1.807) is 6.92 Å². The highest BCUT2D eigenvalue weighted by Crippen LogP contribution is 2.30. The van der Waals surface area contributed by atoms with Crippen molar-refractivity contribution in [1.29, 1.82) is 0 Å². The summed E-state index contributed by atoms with van der Waals surface area (Å²) in [5.41, 5.74) is 0.864. The van der Waals surface area contributed by atoms with E-state index in [0.29, 0.717) is 0 Å². The van der Waals surface area contributed by atoms with E-state index in [-0.39, 0.29) is 6.61 Å². The molecule has 2 fully saturated rings. The van der Waals surface area contributed by atoms with Crippen LogP contribution in [0.2, 0.25) is 0 Å². The summed E-state index contributed by atoms with van der Waals surface area (Å²) in [5.74, 6) is 0. The van der Waals surface area contributed by atoms with Crippen LogP contribution in [-0.4, -0.2) is 86.9 Å². The molecule has 2 heterocycles. The average molecular weight is 400 g/mol. The zero-order chi connectivity index (χ0) is 20.4. The van der Waals surface area contributed by atoms with Gasteiger partial charge < -0.3 is 44.5 Å². The van der Waals surface area contributed by atoms with Gasteiger partial charge in [0.1, 0.15) is 36.6 Å². The average Bonchev–Trinajstić information content (AvgIpc) is 2.68. The van der Waals surface area contributed by atoms with Gasteiger partial charge in [-0.05, 0) is 19.4 Å². The SMILES string of the molecule is CC1OC(OC2C(O)OC(C)C(O)C2OCc2ccccc2)C(O)C(O)C1O. The van der Waals surface area contributed by atoms with Crippen LogP contribution in [-0.2, 0) is 25.6 Å². The van der Waals surface area contributed by atoms with E-state index in [1.807, 2.05) is 30.3 Å². The summed E-state index contributed by atoms with van der Waals surface area (Å²) in [4.78, 5) is 0. The topological polar surface area (TPSA) is 138 Å². The molecule has 2 aliphatic heterocycles. The van der Waals surface area contributed by atoms with Crippen molar-refractivity contribution in [2.75, 3.05) is 0 Å². The number of hydrogen-bond acceptors (Lipinski definition) is 9. The third kappa shape index (κ3) is 4.54. The summed E-state index contributed by atoms with van der Waals surface area (Å²) < 4.78 is 22.2. The minimum Gasteiger partial charge on any atom is -0.388 e. The molecule has 0 amide bonds. The fourth-order valence-corrected chi connectivity index (χ4v) is 3.39. The van der Waals surface area contributed by atoms with Gasteiger partial charge in [0.2, 0.25) is 0 Å². The largest absolute Gasteiger partial charge is 0.388 e. The second-order valence-electron chi connectivity index (χ2n) is 7.27. The second kappa shape index (κ2) is 9.12. The standard InChI is InChI=1S/C19H28O9/c1-9-12(20)14(22)15(23)19(27-9)28-17-16(13(21)10(2)26-18(17)24)25-8-11-6-4-3-5-7-11/h3-7,9-10,12-24H,8H2,1-2H3. The van der Waals surface area contributed by atoms with Crippen molar-refractivity contribution in [2.45, 2.75) is 81.9 Å². The maximum atomic E-state index is 10.5. The first-order valence-electron chi connectivity index (χ1n) is 9.32. The molecule has 2 aliphatic rings. The lowest BCUT2D eigenvalue weighted by atomic mass is 9.97. The molecule has 9 heteroatoms. The van der Waals surface area contributed by atoms with Crippen molar-refractivity contribution in [3.63, 3.8) is 0 Å². The molecule has 28 heavy (non-hydrogen) atoms. The molecule has 10 unspecified atom stereocenters. The van der Waals surface area contributed by atoms with E-state index in [4.69, 9.17) is 18.9 Å². The minimum absolute atomic E-state index is 0.160. The molecule has 1 aromatic carbocycles. The van der Waals surface area contributed by atoms with Crippen LogP contribution in [0.1, 0.15) is 19.4 Å². The Labute approximate surface area is 163 Å². The third-order valence-electron chi connectivity index (χ3n) is 5.16. The lowest BCUT2D eigenvalue weighted by Gasteiger charge is -2.45. The molecule has 10 atom stereocenters. The highest BCUT2D eigenvalue weighted by molar-refractivity contribution is 5.13. The fourth-order valence-electron chi connectivity index (χ4n) is 3.39. The minimum atomic E-state index is -1.55. The Bertz CT molecular complexity index is 615. The molecule has 0 saturated carbocycles. The molecule has 5 N–H and O–H groups in total. The van der Waals surface area contributed by atoms with Crippen molar-refractivity contribution in [2.24, 2.45) is 0 Å². The van der Waals surface area contributed by atoms with E-state index in [0.717, 1.165) is 5.56 Å². The highest BCUT2D eigenvalue weighted by Gasteiger charge is 2.49. The van der Waals surface area contributed by atoms with Gasteiger partial charge >= 0.3 is 0 Å². The van der Waals surface area contributed by atoms with Gasteiger partial charge in [0, 0.05) is 0 Å². The molecule has 3 rings (SSSR count). The van der Waals surface area contributed by atoms with E-state index in [2.05, 4.69) is 0 Å². The van der Waals surface area contributed by atoms with Gasteiger partial charge in [-0.3, -0.25) is 0 Å². The first-order chi connectivity index (χ1) is 13.3. The maximum absolute atomic E-state index is 10.5. The van der Waals surface area contributed by atoms with Crippen molar-refractivity contribution in [3.8, 4) is 0 Å². The molecule has 9 nitrogen and oxygen atoms in total. The van der Waals surface area contributed by atoms with Crippen LogP contribution in [0.3, 0.4) is 0 Å². The Hall–Kier alpha value is -1.14. The van der Waals surface area contributed by atoms with E-state index < -0.39 is 61.4 Å². The molecule has 158 valence electrons. The number of benzene rings is 1. The van der Waals surface area contributed by atoms with Crippen LogP contribution in [0, 0.1) is 0 Å². The van der Waals surface area contributed by atoms with Crippen LogP contribution in [0.5, 0.6) is 0 Å². The van der Waals surface area contributed by atoms with Gasteiger partial charge in [-0.15, -0.1) is 0 Å². The van der Waals surface area contributed by atoms with Crippen molar-refractivity contribution >= 4 is 0 Å². The molecule has 0 bridgehead atoms. The van der Waals surface area contributed by atoms with E-state index >= 15 is 0 Å². The number of ether oxygens (including phenoxy) is 4. The molecule has 1 aromatic rings.